The number of benzene rings is 1. The van der Waals surface area contributed by atoms with Gasteiger partial charge in [0.15, 0.2) is 0 Å². The molecule has 2 aliphatic rings. The summed E-state index contributed by atoms with van der Waals surface area (Å²) in [5.41, 5.74) is 2.64. The Morgan fingerprint density at radius 3 is 2.82 bits per heavy atom. The maximum atomic E-state index is 5.91. The van der Waals surface area contributed by atoms with Crippen LogP contribution in [0.1, 0.15) is 36.8 Å². The maximum Gasteiger partial charge on any atom is 0.119 e. The van der Waals surface area contributed by atoms with E-state index in [1.54, 1.807) is 0 Å². The van der Waals surface area contributed by atoms with E-state index in [1.807, 2.05) is 0 Å². The number of nitrogens with zero attached hydrogens (tertiary/aromatic N) is 2. The second-order valence-electron chi connectivity index (χ2n) is 6.93. The predicted molar refractivity (Wildman–Crippen MR) is 91.7 cm³/mol. The molecule has 0 aromatic heterocycles. The Bertz CT molecular complexity index is 488. The lowest BCUT2D eigenvalue weighted by atomic mass is 10.1. The largest absolute Gasteiger partial charge is 0.494 e. The Morgan fingerprint density at radius 1 is 1.09 bits per heavy atom. The highest BCUT2D eigenvalue weighted by atomic mass is 16.5. The molecule has 1 atom stereocenters. The Morgan fingerprint density at radius 2 is 1.95 bits per heavy atom. The van der Waals surface area contributed by atoms with Crippen LogP contribution in [-0.2, 0) is 0 Å². The van der Waals surface area contributed by atoms with E-state index < -0.39 is 0 Å². The molecule has 0 spiro atoms. The second-order valence-corrected chi connectivity index (χ2v) is 6.93. The average Bonchev–Trinajstić information content (AvgIpc) is 2.85. The van der Waals surface area contributed by atoms with Crippen molar-refractivity contribution in [2.24, 2.45) is 0 Å². The van der Waals surface area contributed by atoms with E-state index in [-0.39, 0.29) is 0 Å². The quantitative estimate of drug-likeness (QED) is 0.777. The van der Waals surface area contributed by atoms with Crippen LogP contribution in [0.5, 0.6) is 5.75 Å². The lowest BCUT2D eigenvalue weighted by Gasteiger charge is -2.25. The molecule has 0 saturated carbocycles. The SMILES string of the molecule is Cc1ccc(OCCCN2CCCN3CCCC3C2)cc1C. The molecule has 122 valence electrons. The minimum atomic E-state index is 0.822. The first kappa shape index (κ1) is 15.8. The number of ether oxygens (including phenoxy) is 1. The Labute approximate surface area is 135 Å². The van der Waals surface area contributed by atoms with Crippen molar-refractivity contribution >= 4 is 0 Å². The topological polar surface area (TPSA) is 15.7 Å². The van der Waals surface area contributed by atoms with E-state index >= 15 is 0 Å². The lowest BCUT2D eigenvalue weighted by Crippen LogP contribution is -2.37. The van der Waals surface area contributed by atoms with Gasteiger partial charge in [-0.15, -0.1) is 0 Å². The molecule has 3 heteroatoms. The number of rotatable bonds is 5. The first-order chi connectivity index (χ1) is 10.7. The zero-order chi connectivity index (χ0) is 15.4. The molecule has 1 aromatic rings. The van der Waals surface area contributed by atoms with Gasteiger partial charge in [0.1, 0.15) is 5.75 Å². The fraction of sp³-hybridized carbons (Fsp3) is 0.684. The molecule has 2 saturated heterocycles. The summed E-state index contributed by atoms with van der Waals surface area (Å²) in [6, 6.07) is 7.21. The fourth-order valence-electron chi connectivity index (χ4n) is 3.77. The molecule has 0 N–H and O–H groups in total. The van der Waals surface area contributed by atoms with Crippen LogP contribution < -0.4 is 4.74 Å². The van der Waals surface area contributed by atoms with Gasteiger partial charge in [0, 0.05) is 19.1 Å². The van der Waals surface area contributed by atoms with Crippen molar-refractivity contribution in [1.29, 1.82) is 0 Å². The first-order valence-electron chi connectivity index (χ1n) is 8.89. The van der Waals surface area contributed by atoms with Gasteiger partial charge in [-0.05, 0) is 82.4 Å². The van der Waals surface area contributed by atoms with Crippen molar-refractivity contribution < 1.29 is 4.74 Å². The van der Waals surface area contributed by atoms with E-state index in [9.17, 15) is 0 Å². The van der Waals surface area contributed by atoms with Crippen molar-refractivity contribution in [2.45, 2.75) is 45.6 Å². The highest BCUT2D eigenvalue weighted by Crippen LogP contribution is 2.21. The van der Waals surface area contributed by atoms with Crippen molar-refractivity contribution in [1.82, 2.24) is 9.80 Å². The van der Waals surface area contributed by atoms with Gasteiger partial charge >= 0.3 is 0 Å². The summed E-state index contributed by atoms with van der Waals surface area (Å²) in [5, 5.41) is 0. The molecule has 0 radical (unpaired) electrons. The van der Waals surface area contributed by atoms with Gasteiger partial charge in [0.05, 0.1) is 6.61 Å². The minimum Gasteiger partial charge on any atom is -0.494 e. The predicted octanol–water partition coefficient (Wildman–Crippen LogP) is 3.24. The monoisotopic (exact) mass is 302 g/mol. The van der Waals surface area contributed by atoms with Crippen LogP contribution in [-0.4, -0.2) is 55.2 Å². The van der Waals surface area contributed by atoms with Gasteiger partial charge in [-0.1, -0.05) is 6.07 Å². The lowest BCUT2D eigenvalue weighted by molar-refractivity contribution is 0.205. The van der Waals surface area contributed by atoms with Crippen LogP contribution in [0.15, 0.2) is 18.2 Å². The third-order valence-electron chi connectivity index (χ3n) is 5.25. The first-order valence-corrected chi connectivity index (χ1v) is 8.89. The number of hydrogen-bond acceptors (Lipinski definition) is 3. The molecule has 0 amide bonds. The number of aryl methyl sites for hydroxylation is 2. The summed E-state index contributed by atoms with van der Waals surface area (Å²) in [5.74, 6) is 1.01. The second kappa shape index (κ2) is 7.47. The van der Waals surface area contributed by atoms with Crippen molar-refractivity contribution in [2.75, 3.05) is 39.3 Å². The summed E-state index contributed by atoms with van der Waals surface area (Å²) < 4.78 is 5.91. The fourth-order valence-corrected chi connectivity index (χ4v) is 3.77. The highest BCUT2D eigenvalue weighted by Gasteiger charge is 2.28. The van der Waals surface area contributed by atoms with Crippen LogP contribution >= 0.6 is 0 Å². The van der Waals surface area contributed by atoms with Gasteiger partial charge in [0.2, 0.25) is 0 Å². The molecule has 1 aromatic carbocycles. The molecular weight excluding hydrogens is 272 g/mol. The summed E-state index contributed by atoms with van der Waals surface area (Å²) in [6.07, 6.45) is 5.25. The molecular formula is C19H30N2O. The standard InChI is InChI=1S/C19H30N2O/c1-16-7-8-19(14-17(16)2)22-13-5-10-20-9-4-12-21-11-3-6-18(21)15-20/h7-8,14,18H,3-6,9-13,15H2,1-2H3. The Balaban J connectivity index is 1.40. The summed E-state index contributed by atoms with van der Waals surface area (Å²) in [7, 11) is 0. The molecule has 0 aliphatic carbocycles. The van der Waals surface area contributed by atoms with Crippen LogP contribution in [0.4, 0.5) is 0 Å². The van der Waals surface area contributed by atoms with Crippen LogP contribution in [0.3, 0.4) is 0 Å². The summed E-state index contributed by atoms with van der Waals surface area (Å²) >= 11 is 0. The molecule has 3 nitrogen and oxygen atoms in total. The van der Waals surface area contributed by atoms with Crippen molar-refractivity contribution in [3.8, 4) is 5.75 Å². The van der Waals surface area contributed by atoms with E-state index in [1.165, 1.54) is 63.1 Å². The van der Waals surface area contributed by atoms with Gasteiger partial charge < -0.3 is 9.64 Å². The average molecular weight is 302 g/mol. The molecule has 2 fully saturated rings. The highest BCUT2D eigenvalue weighted by molar-refractivity contribution is 5.33. The number of fused-ring (bicyclic) bond motifs is 1. The van der Waals surface area contributed by atoms with Gasteiger partial charge in [-0.2, -0.15) is 0 Å². The van der Waals surface area contributed by atoms with E-state index in [0.29, 0.717) is 0 Å². The smallest absolute Gasteiger partial charge is 0.119 e. The van der Waals surface area contributed by atoms with E-state index in [2.05, 4.69) is 41.8 Å². The number of hydrogen-bond donors (Lipinski definition) is 0. The van der Waals surface area contributed by atoms with Gasteiger partial charge in [-0.25, -0.2) is 0 Å². The van der Waals surface area contributed by atoms with Gasteiger partial charge in [0.25, 0.3) is 0 Å². The van der Waals surface area contributed by atoms with Crippen molar-refractivity contribution in [3.63, 3.8) is 0 Å². The van der Waals surface area contributed by atoms with E-state index in [0.717, 1.165) is 24.8 Å². The van der Waals surface area contributed by atoms with Crippen LogP contribution in [0.2, 0.25) is 0 Å². The Kier molecular flexibility index (Phi) is 5.37. The van der Waals surface area contributed by atoms with Crippen molar-refractivity contribution in [3.05, 3.63) is 29.3 Å². The normalized spacial score (nSPS) is 23.3. The van der Waals surface area contributed by atoms with Gasteiger partial charge in [-0.3, -0.25) is 4.90 Å². The minimum absolute atomic E-state index is 0.822. The van der Waals surface area contributed by atoms with Crippen LogP contribution in [0.25, 0.3) is 0 Å². The summed E-state index contributed by atoms with van der Waals surface area (Å²) in [4.78, 5) is 5.35. The molecule has 2 heterocycles. The summed E-state index contributed by atoms with van der Waals surface area (Å²) in [6.45, 7) is 11.5. The zero-order valence-corrected chi connectivity index (χ0v) is 14.2. The maximum absolute atomic E-state index is 5.91. The third kappa shape index (κ3) is 4.02. The zero-order valence-electron chi connectivity index (χ0n) is 14.2. The van der Waals surface area contributed by atoms with Crippen LogP contribution in [0, 0.1) is 13.8 Å². The van der Waals surface area contributed by atoms with E-state index in [4.69, 9.17) is 4.74 Å². The molecule has 1 unspecified atom stereocenters. The Hall–Kier alpha value is -1.06. The molecule has 3 rings (SSSR count). The molecule has 0 bridgehead atoms. The third-order valence-corrected chi connectivity index (χ3v) is 5.25. The molecule has 2 aliphatic heterocycles. The molecule has 22 heavy (non-hydrogen) atoms.